The van der Waals surface area contributed by atoms with Crippen molar-refractivity contribution in [2.24, 2.45) is 5.73 Å². The zero-order chi connectivity index (χ0) is 12.2. The zero-order valence-corrected chi connectivity index (χ0v) is 9.35. The smallest absolute Gasteiger partial charge is 0.246 e. The van der Waals surface area contributed by atoms with Gasteiger partial charge in [0.25, 0.3) is 0 Å². The molecule has 1 aromatic carbocycles. The van der Waals surface area contributed by atoms with Crippen molar-refractivity contribution in [2.45, 2.75) is 17.4 Å². The normalized spacial score (nSPS) is 13.3. The lowest BCUT2D eigenvalue weighted by atomic mass is 10.3. The summed E-state index contributed by atoms with van der Waals surface area (Å²) in [6, 6.07) is 7.85. The number of carbonyl (C=O) groups excluding carboxylic acids is 1. The Morgan fingerprint density at radius 2 is 1.88 bits per heavy atom. The molecule has 16 heavy (non-hydrogen) atoms. The average Bonchev–Trinajstić information content (AvgIpc) is 2.27. The lowest BCUT2D eigenvalue weighted by Crippen LogP contribution is -2.30. The van der Waals surface area contributed by atoms with Crippen molar-refractivity contribution in [3.8, 4) is 0 Å². The van der Waals surface area contributed by atoms with Crippen LogP contribution in [0.1, 0.15) is 6.42 Å². The van der Waals surface area contributed by atoms with Crippen molar-refractivity contribution < 1.29 is 18.3 Å². The number of hydrogen-bond acceptors (Lipinski definition) is 4. The summed E-state index contributed by atoms with van der Waals surface area (Å²) in [7, 11) is -3.46. The minimum atomic E-state index is -3.46. The van der Waals surface area contributed by atoms with E-state index in [4.69, 9.17) is 10.8 Å². The van der Waals surface area contributed by atoms with E-state index in [9.17, 15) is 13.2 Å². The van der Waals surface area contributed by atoms with Crippen LogP contribution in [0.2, 0.25) is 0 Å². The number of primary amides is 1. The summed E-state index contributed by atoms with van der Waals surface area (Å²) >= 11 is 0. The molecule has 1 amide bonds. The molecule has 5 nitrogen and oxygen atoms in total. The maximum Gasteiger partial charge on any atom is 0.246 e. The highest BCUT2D eigenvalue weighted by Crippen LogP contribution is 2.11. The van der Waals surface area contributed by atoms with E-state index in [1.807, 2.05) is 0 Å². The van der Waals surface area contributed by atoms with E-state index >= 15 is 0 Å². The molecular formula is C10H13NO4S. The van der Waals surface area contributed by atoms with Gasteiger partial charge in [-0.25, -0.2) is 8.42 Å². The van der Waals surface area contributed by atoms with Gasteiger partial charge in [-0.2, -0.15) is 0 Å². The van der Waals surface area contributed by atoms with Gasteiger partial charge in [-0.05, 0) is 18.6 Å². The zero-order valence-electron chi connectivity index (χ0n) is 8.54. The maximum atomic E-state index is 11.7. The van der Waals surface area contributed by atoms with E-state index in [-0.39, 0.29) is 17.1 Å². The van der Waals surface area contributed by atoms with Crippen LogP contribution in [0.15, 0.2) is 35.2 Å². The first-order valence-electron chi connectivity index (χ1n) is 4.68. The van der Waals surface area contributed by atoms with Gasteiger partial charge in [0.15, 0.2) is 9.84 Å². The number of sulfone groups is 1. The predicted octanol–water partition coefficient (Wildman–Crippen LogP) is -0.303. The molecule has 0 aliphatic rings. The molecular weight excluding hydrogens is 230 g/mol. The Balaban J connectivity index is 2.71. The lowest BCUT2D eigenvalue weighted by molar-refractivity contribution is -0.126. The fourth-order valence-corrected chi connectivity index (χ4v) is 2.50. The van der Waals surface area contributed by atoms with Crippen LogP contribution in [0.4, 0.5) is 0 Å². The number of benzene rings is 1. The van der Waals surface area contributed by atoms with Gasteiger partial charge in [-0.1, -0.05) is 18.2 Å². The second-order valence-corrected chi connectivity index (χ2v) is 5.45. The third-order valence-electron chi connectivity index (χ3n) is 2.09. The highest BCUT2D eigenvalue weighted by molar-refractivity contribution is 7.91. The van der Waals surface area contributed by atoms with Crippen LogP contribution in [0.5, 0.6) is 0 Å². The number of aliphatic hydroxyl groups excluding tert-OH is 1. The molecule has 0 saturated heterocycles. The molecule has 3 N–H and O–H groups in total. The summed E-state index contributed by atoms with van der Waals surface area (Å²) in [5, 5.41) is 9.10. The van der Waals surface area contributed by atoms with Crippen LogP contribution in [-0.2, 0) is 14.6 Å². The van der Waals surface area contributed by atoms with Crippen molar-refractivity contribution in [1.29, 1.82) is 0 Å². The summed E-state index contributed by atoms with van der Waals surface area (Å²) in [5.41, 5.74) is 4.82. The fourth-order valence-electron chi connectivity index (χ4n) is 1.15. The van der Waals surface area contributed by atoms with Crippen molar-refractivity contribution in [2.75, 3.05) is 5.75 Å². The highest BCUT2D eigenvalue weighted by Gasteiger charge is 2.18. The molecule has 0 aromatic heterocycles. The van der Waals surface area contributed by atoms with Crippen molar-refractivity contribution in [1.82, 2.24) is 0 Å². The van der Waals surface area contributed by atoms with Crippen LogP contribution in [0.25, 0.3) is 0 Å². The quantitative estimate of drug-likeness (QED) is 0.741. The Hall–Kier alpha value is -1.40. The summed E-state index contributed by atoms with van der Waals surface area (Å²) in [5.74, 6) is -1.22. The van der Waals surface area contributed by atoms with Crippen LogP contribution in [-0.4, -0.2) is 31.3 Å². The molecule has 0 fully saturated rings. The van der Waals surface area contributed by atoms with Gasteiger partial charge in [-0.3, -0.25) is 4.79 Å². The van der Waals surface area contributed by atoms with Crippen LogP contribution >= 0.6 is 0 Å². The Kier molecular flexibility index (Phi) is 4.03. The first-order chi connectivity index (χ1) is 7.43. The monoisotopic (exact) mass is 243 g/mol. The summed E-state index contributed by atoms with van der Waals surface area (Å²) in [6.07, 6.45) is -1.61. The number of carbonyl (C=O) groups is 1. The summed E-state index contributed by atoms with van der Waals surface area (Å²) in [4.78, 5) is 10.7. The molecule has 1 aromatic rings. The van der Waals surface area contributed by atoms with Crippen LogP contribution < -0.4 is 5.73 Å². The molecule has 0 saturated carbocycles. The molecule has 6 heteroatoms. The fraction of sp³-hybridized carbons (Fsp3) is 0.300. The van der Waals surface area contributed by atoms with E-state index < -0.39 is 21.8 Å². The minimum Gasteiger partial charge on any atom is -0.383 e. The second kappa shape index (κ2) is 5.09. The minimum absolute atomic E-state index is 0.173. The van der Waals surface area contributed by atoms with Gasteiger partial charge in [0.05, 0.1) is 10.6 Å². The highest BCUT2D eigenvalue weighted by atomic mass is 32.2. The maximum absolute atomic E-state index is 11.7. The largest absolute Gasteiger partial charge is 0.383 e. The van der Waals surface area contributed by atoms with E-state index in [0.717, 1.165) is 0 Å². The van der Waals surface area contributed by atoms with Gasteiger partial charge < -0.3 is 10.8 Å². The third-order valence-corrected chi connectivity index (χ3v) is 3.85. The Labute approximate surface area is 93.8 Å². The van der Waals surface area contributed by atoms with Crippen molar-refractivity contribution in [3.05, 3.63) is 30.3 Å². The van der Waals surface area contributed by atoms with Crippen molar-refractivity contribution >= 4 is 15.7 Å². The van der Waals surface area contributed by atoms with Crippen LogP contribution in [0.3, 0.4) is 0 Å². The Bertz CT molecular complexity index is 455. The van der Waals surface area contributed by atoms with Gasteiger partial charge in [0.1, 0.15) is 6.10 Å². The molecule has 1 rings (SSSR count). The summed E-state index contributed by atoms with van der Waals surface area (Å²) in [6.45, 7) is 0. The van der Waals surface area contributed by atoms with E-state index in [1.54, 1.807) is 18.2 Å². The number of rotatable bonds is 5. The molecule has 0 spiro atoms. The number of amides is 1. The third kappa shape index (κ3) is 3.32. The molecule has 88 valence electrons. The number of hydrogen-bond donors (Lipinski definition) is 2. The molecule has 0 heterocycles. The van der Waals surface area contributed by atoms with Gasteiger partial charge >= 0.3 is 0 Å². The Morgan fingerprint density at radius 3 is 2.38 bits per heavy atom. The molecule has 0 radical (unpaired) electrons. The van der Waals surface area contributed by atoms with E-state index in [0.29, 0.717) is 0 Å². The Morgan fingerprint density at radius 1 is 1.31 bits per heavy atom. The number of nitrogens with two attached hydrogens (primary N) is 1. The average molecular weight is 243 g/mol. The molecule has 0 aliphatic heterocycles. The molecule has 0 bridgehead atoms. The number of aliphatic hydroxyl groups is 1. The van der Waals surface area contributed by atoms with Gasteiger partial charge in [0.2, 0.25) is 5.91 Å². The van der Waals surface area contributed by atoms with E-state index in [2.05, 4.69) is 0 Å². The summed E-state index contributed by atoms with van der Waals surface area (Å²) < 4.78 is 23.4. The van der Waals surface area contributed by atoms with E-state index in [1.165, 1.54) is 12.1 Å². The lowest BCUT2D eigenvalue weighted by Gasteiger charge is -2.07. The first-order valence-corrected chi connectivity index (χ1v) is 6.34. The first kappa shape index (κ1) is 12.7. The standard InChI is InChI=1S/C10H13NO4S/c11-10(13)9(12)6-7-16(14,15)8-4-2-1-3-5-8/h1-5,9,12H,6-7H2,(H2,11,13). The van der Waals surface area contributed by atoms with Gasteiger partial charge in [-0.15, -0.1) is 0 Å². The molecule has 0 aliphatic carbocycles. The second-order valence-electron chi connectivity index (χ2n) is 3.34. The van der Waals surface area contributed by atoms with Gasteiger partial charge in [0, 0.05) is 0 Å². The predicted molar refractivity (Wildman–Crippen MR) is 58.3 cm³/mol. The van der Waals surface area contributed by atoms with Crippen molar-refractivity contribution in [3.63, 3.8) is 0 Å². The molecule has 1 atom stereocenters. The SMILES string of the molecule is NC(=O)C(O)CCS(=O)(=O)c1ccccc1. The molecule has 1 unspecified atom stereocenters. The van der Waals surface area contributed by atoms with Crippen LogP contribution in [0, 0.1) is 0 Å². The topological polar surface area (TPSA) is 97.5 Å².